The molecule has 0 fully saturated rings. The second-order valence-corrected chi connectivity index (χ2v) is 19.5. The van der Waals surface area contributed by atoms with Gasteiger partial charge in [0.05, 0.1) is 6.61 Å². The van der Waals surface area contributed by atoms with Crippen molar-refractivity contribution in [2.24, 2.45) is 0 Å². The molecule has 0 saturated carbocycles. The Morgan fingerprint density at radius 1 is 0.808 bits per heavy atom. The largest absolute Gasteiger partial charge is 0.542 e. The average molecular weight is 398 g/mol. The second-order valence-electron chi connectivity index (χ2n) is 9.99. The Kier molecular flexibility index (Phi) is 7.04. The summed E-state index contributed by atoms with van der Waals surface area (Å²) in [4.78, 5) is 0. The Bertz CT molecular complexity index is 602. The smallest absolute Gasteiger partial charge is 0.250 e. The normalized spacial score (nSPS) is 13.6. The summed E-state index contributed by atoms with van der Waals surface area (Å²) in [6, 6.07) is 5.75. The molecular formula is C20H39NO3Si2. The quantitative estimate of drug-likeness (QED) is 0.345. The lowest BCUT2D eigenvalue weighted by atomic mass is 10.2. The fourth-order valence-electron chi connectivity index (χ4n) is 1.83. The average Bonchev–Trinajstić information content (AvgIpc) is 2.44. The van der Waals surface area contributed by atoms with Gasteiger partial charge < -0.3 is 19.3 Å². The first kappa shape index (κ1) is 23.1. The van der Waals surface area contributed by atoms with E-state index in [1.807, 2.05) is 18.2 Å². The molecule has 0 aliphatic carbocycles. The standard InChI is InChI=1S/C20H39NO3Si2/c1-19(2,3)25(7,8)23-15-14-22-16-12-11-13-17(18(16)21)24-26(9,10)20(4,5)6/h11-13H,14-15,21H2,1-10H3. The van der Waals surface area contributed by atoms with Crippen molar-refractivity contribution in [1.29, 1.82) is 0 Å². The third kappa shape index (κ3) is 5.76. The molecule has 26 heavy (non-hydrogen) atoms. The molecule has 4 nitrogen and oxygen atoms in total. The van der Waals surface area contributed by atoms with Gasteiger partial charge in [0.15, 0.2) is 8.32 Å². The van der Waals surface area contributed by atoms with Crippen LogP contribution in [0.2, 0.25) is 36.3 Å². The van der Waals surface area contributed by atoms with Gasteiger partial charge in [-0.05, 0) is 48.4 Å². The number of benzene rings is 1. The first-order valence-corrected chi connectivity index (χ1v) is 15.2. The maximum absolute atomic E-state index is 6.35. The van der Waals surface area contributed by atoms with Crippen LogP contribution >= 0.6 is 0 Å². The van der Waals surface area contributed by atoms with Crippen molar-refractivity contribution in [3.8, 4) is 11.5 Å². The summed E-state index contributed by atoms with van der Waals surface area (Å²) < 4.78 is 18.4. The van der Waals surface area contributed by atoms with Crippen LogP contribution in [0.4, 0.5) is 5.69 Å². The molecule has 2 N–H and O–H groups in total. The Morgan fingerprint density at radius 2 is 1.31 bits per heavy atom. The Morgan fingerprint density at radius 3 is 1.81 bits per heavy atom. The summed E-state index contributed by atoms with van der Waals surface area (Å²) in [7, 11) is -3.69. The molecule has 0 saturated heterocycles. The van der Waals surface area contributed by atoms with E-state index < -0.39 is 16.6 Å². The minimum Gasteiger partial charge on any atom is -0.542 e. The molecular weight excluding hydrogens is 358 g/mol. The molecule has 6 heteroatoms. The van der Waals surface area contributed by atoms with Crippen molar-refractivity contribution in [3.05, 3.63) is 18.2 Å². The highest BCUT2D eigenvalue weighted by atomic mass is 28.4. The van der Waals surface area contributed by atoms with Crippen LogP contribution in [0.1, 0.15) is 41.5 Å². The summed E-state index contributed by atoms with van der Waals surface area (Å²) in [6.07, 6.45) is 0. The number of nitrogen functional groups attached to an aromatic ring is 1. The Hall–Kier alpha value is -0.986. The highest BCUT2D eigenvalue weighted by Crippen LogP contribution is 2.41. The number of nitrogens with two attached hydrogens (primary N) is 1. The van der Waals surface area contributed by atoms with Crippen molar-refractivity contribution in [2.75, 3.05) is 18.9 Å². The third-order valence-electron chi connectivity index (χ3n) is 5.81. The predicted octanol–water partition coefficient (Wildman–Crippen LogP) is 6.05. The van der Waals surface area contributed by atoms with Crippen LogP contribution in [0.25, 0.3) is 0 Å². The van der Waals surface area contributed by atoms with Crippen molar-refractivity contribution in [2.45, 2.75) is 77.8 Å². The number of hydrogen-bond acceptors (Lipinski definition) is 4. The lowest BCUT2D eigenvalue weighted by Gasteiger charge is -2.37. The Balaban J connectivity index is 2.74. The van der Waals surface area contributed by atoms with E-state index in [1.165, 1.54) is 0 Å². The zero-order valence-corrected chi connectivity index (χ0v) is 20.4. The van der Waals surface area contributed by atoms with E-state index in [0.717, 1.165) is 5.75 Å². The lowest BCUT2D eigenvalue weighted by Crippen LogP contribution is -2.44. The molecule has 0 bridgehead atoms. The molecule has 150 valence electrons. The van der Waals surface area contributed by atoms with Gasteiger partial charge >= 0.3 is 0 Å². The molecule has 1 rings (SSSR count). The maximum Gasteiger partial charge on any atom is 0.250 e. The van der Waals surface area contributed by atoms with Crippen LogP contribution in [0.15, 0.2) is 18.2 Å². The van der Waals surface area contributed by atoms with Crippen LogP contribution in [0, 0.1) is 0 Å². The summed E-state index contributed by atoms with van der Waals surface area (Å²) in [6.45, 7) is 23.3. The zero-order valence-electron chi connectivity index (χ0n) is 18.4. The van der Waals surface area contributed by atoms with Gasteiger partial charge in [0.2, 0.25) is 0 Å². The van der Waals surface area contributed by atoms with E-state index >= 15 is 0 Å². The second kappa shape index (κ2) is 7.94. The van der Waals surface area contributed by atoms with Crippen molar-refractivity contribution < 1.29 is 13.6 Å². The molecule has 0 radical (unpaired) electrons. The van der Waals surface area contributed by atoms with Crippen LogP contribution < -0.4 is 14.9 Å². The first-order valence-electron chi connectivity index (χ1n) is 9.43. The molecule has 0 spiro atoms. The molecule has 0 aliphatic heterocycles. The number of para-hydroxylation sites is 1. The molecule has 0 atom stereocenters. The maximum atomic E-state index is 6.35. The molecule has 0 amide bonds. The molecule has 1 aromatic rings. The summed E-state index contributed by atoms with van der Waals surface area (Å²) in [5.74, 6) is 1.39. The van der Waals surface area contributed by atoms with Crippen LogP contribution in [0.3, 0.4) is 0 Å². The predicted molar refractivity (Wildman–Crippen MR) is 117 cm³/mol. The highest BCUT2D eigenvalue weighted by Gasteiger charge is 2.39. The van der Waals surface area contributed by atoms with Gasteiger partial charge in [-0.1, -0.05) is 47.6 Å². The molecule has 0 aromatic heterocycles. The minimum absolute atomic E-state index is 0.118. The zero-order chi connectivity index (χ0) is 20.4. The fraction of sp³-hybridized carbons (Fsp3) is 0.700. The number of anilines is 1. The van der Waals surface area contributed by atoms with Crippen molar-refractivity contribution >= 4 is 22.3 Å². The number of rotatable bonds is 7. The van der Waals surface area contributed by atoms with Gasteiger partial charge in [-0.25, -0.2) is 0 Å². The van der Waals surface area contributed by atoms with E-state index in [0.29, 0.717) is 24.7 Å². The number of ether oxygens (including phenoxy) is 1. The van der Waals surface area contributed by atoms with Gasteiger partial charge in [0, 0.05) is 0 Å². The molecule has 0 heterocycles. The van der Waals surface area contributed by atoms with E-state index in [9.17, 15) is 0 Å². The molecule has 0 unspecified atom stereocenters. The molecule has 0 aliphatic rings. The van der Waals surface area contributed by atoms with Gasteiger partial charge in [-0.3, -0.25) is 0 Å². The Labute approximate surface area is 162 Å². The number of hydrogen-bond donors (Lipinski definition) is 1. The van der Waals surface area contributed by atoms with E-state index in [4.69, 9.17) is 19.3 Å². The van der Waals surface area contributed by atoms with Crippen molar-refractivity contribution in [1.82, 2.24) is 0 Å². The lowest BCUT2D eigenvalue weighted by molar-refractivity contribution is 0.204. The fourth-order valence-corrected chi connectivity index (χ4v) is 3.89. The van der Waals surface area contributed by atoms with Gasteiger partial charge in [0.25, 0.3) is 8.32 Å². The monoisotopic (exact) mass is 397 g/mol. The summed E-state index contributed by atoms with van der Waals surface area (Å²) >= 11 is 0. The molecule has 1 aromatic carbocycles. The van der Waals surface area contributed by atoms with Gasteiger partial charge in [-0.2, -0.15) is 0 Å². The third-order valence-corrected chi connectivity index (χ3v) is 14.7. The van der Waals surface area contributed by atoms with Crippen molar-refractivity contribution in [3.63, 3.8) is 0 Å². The van der Waals surface area contributed by atoms with E-state index in [2.05, 4.69) is 67.7 Å². The SMILES string of the molecule is CC(C)(C)[Si](C)(C)OCCOc1cccc(O[Si](C)(C)C(C)(C)C)c1N. The van der Waals surface area contributed by atoms with E-state index in [-0.39, 0.29) is 10.1 Å². The van der Waals surface area contributed by atoms with Gasteiger partial charge in [-0.15, -0.1) is 0 Å². The van der Waals surface area contributed by atoms with Crippen LogP contribution in [-0.2, 0) is 4.43 Å². The highest BCUT2D eigenvalue weighted by molar-refractivity contribution is 6.75. The summed E-state index contributed by atoms with van der Waals surface area (Å²) in [5.41, 5.74) is 6.88. The van der Waals surface area contributed by atoms with Crippen LogP contribution in [0.5, 0.6) is 11.5 Å². The van der Waals surface area contributed by atoms with Gasteiger partial charge in [0.1, 0.15) is 23.8 Å². The van der Waals surface area contributed by atoms with E-state index in [1.54, 1.807) is 0 Å². The summed E-state index contributed by atoms with van der Waals surface area (Å²) in [5, 5.41) is 0.316. The first-order chi connectivity index (χ1) is 11.6. The van der Waals surface area contributed by atoms with Crippen LogP contribution in [-0.4, -0.2) is 29.8 Å². The minimum atomic E-state index is -1.94. The topological polar surface area (TPSA) is 53.7 Å².